The molecule has 0 radical (unpaired) electrons. The molecule has 96 valence electrons. The van der Waals surface area contributed by atoms with Gasteiger partial charge < -0.3 is 20.9 Å². The zero-order chi connectivity index (χ0) is 12.5. The summed E-state index contributed by atoms with van der Waals surface area (Å²) in [6, 6.07) is 1.92. The highest BCUT2D eigenvalue weighted by Gasteiger charge is 1.97. The quantitative estimate of drug-likeness (QED) is 0.558. The molecule has 0 aliphatic heterocycles. The van der Waals surface area contributed by atoms with E-state index in [1.54, 1.807) is 6.33 Å². The Morgan fingerprint density at radius 3 is 2.29 bits per heavy atom. The second kappa shape index (κ2) is 7.81. The van der Waals surface area contributed by atoms with Gasteiger partial charge in [-0.1, -0.05) is 0 Å². The third kappa shape index (κ3) is 6.03. The molecule has 17 heavy (non-hydrogen) atoms. The van der Waals surface area contributed by atoms with Gasteiger partial charge in [0.25, 0.3) is 0 Å². The molecule has 0 bridgehead atoms. The molecule has 0 saturated carbocycles. The predicted octanol–water partition coefficient (Wildman–Crippen LogP) is 0.0814. The summed E-state index contributed by atoms with van der Waals surface area (Å²) in [5, 5.41) is 9.55. The third-order valence-electron chi connectivity index (χ3n) is 2.21. The lowest BCUT2D eigenvalue weighted by Gasteiger charge is -2.11. The van der Waals surface area contributed by atoms with Crippen molar-refractivity contribution in [3.8, 4) is 0 Å². The summed E-state index contributed by atoms with van der Waals surface area (Å²) >= 11 is 0. The smallest absolute Gasteiger partial charge is 0.131 e. The number of hydrogen-bond acceptors (Lipinski definition) is 6. The molecule has 0 fully saturated rings. The Labute approximate surface area is 103 Å². The molecule has 1 aromatic rings. The first-order chi connectivity index (χ1) is 8.22. The number of nitrogens with zero attached hydrogens (tertiary/aromatic N) is 3. The molecule has 0 aliphatic carbocycles. The van der Waals surface area contributed by atoms with E-state index in [4.69, 9.17) is 0 Å². The Balaban J connectivity index is 2.37. The van der Waals surface area contributed by atoms with Gasteiger partial charge in [-0.05, 0) is 21.1 Å². The van der Waals surface area contributed by atoms with E-state index in [9.17, 15) is 0 Å². The first-order valence-corrected chi connectivity index (χ1v) is 5.81. The highest BCUT2D eigenvalue weighted by atomic mass is 15.1. The van der Waals surface area contributed by atoms with Crippen LogP contribution in [-0.4, -0.2) is 62.2 Å². The van der Waals surface area contributed by atoms with Crippen LogP contribution in [0.4, 0.5) is 11.6 Å². The van der Waals surface area contributed by atoms with Crippen molar-refractivity contribution < 1.29 is 0 Å². The Hall–Kier alpha value is -1.40. The second-order valence-corrected chi connectivity index (χ2v) is 4.05. The largest absolute Gasteiger partial charge is 0.369 e. The number of rotatable bonds is 8. The van der Waals surface area contributed by atoms with Crippen LogP contribution in [-0.2, 0) is 0 Å². The molecule has 1 rings (SSSR count). The van der Waals surface area contributed by atoms with E-state index in [-0.39, 0.29) is 0 Å². The average molecular weight is 238 g/mol. The molecule has 1 heterocycles. The van der Waals surface area contributed by atoms with Crippen LogP contribution in [0.15, 0.2) is 12.4 Å². The average Bonchev–Trinajstić information content (AvgIpc) is 2.29. The van der Waals surface area contributed by atoms with E-state index < -0.39 is 0 Å². The van der Waals surface area contributed by atoms with Crippen LogP contribution < -0.4 is 16.0 Å². The molecule has 1 aromatic heterocycles. The summed E-state index contributed by atoms with van der Waals surface area (Å²) in [6.07, 6.45) is 1.57. The van der Waals surface area contributed by atoms with Crippen molar-refractivity contribution >= 4 is 11.6 Å². The van der Waals surface area contributed by atoms with Crippen molar-refractivity contribution in [3.63, 3.8) is 0 Å². The zero-order valence-corrected chi connectivity index (χ0v) is 10.8. The van der Waals surface area contributed by atoms with E-state index in [1.165, 1.54) is 0 Å². The maximum atomic E-state index is 4.17. The summed E-state index contributed by atoms with van der Waals surface area (Å²) < 4.78 is 0. The van der Waals surface area contributed by atoms with Crippen molar-refractivity contribution in [2.75, 3.05) is 58.0 Å². The maximum absolute atomic E-state index is 4.17. The lowest BCUT2D eigenvalue weighted by molar-refractivity contribution is 0.425. The van der Waals surface area contributed by atoms with E-state index in [0.717, 1.165) is 37.8 Å². The number of likely N-dealkylation sites (N-methyl/N-ethyl adjacent to an activating group) is 2. The molecule has 3 N–H and O–H groups in total. The van der Waals surface area contributed by atoms with Crippen molar-refractivity contribution in [1.82, 2.24) is 20.2 Å². The van der Waals surface area contributed by atoms with Crippen LogP contribution >= 0.6 is 0 Å². The zero-order valence-electron chi connectivity index (χ0n) is 10.8. The maximum Gasteiger partial charge on any atom is 0.131 e. The van der Waals surface area contributed by atoms with Crippen LogP contribution in [0, 0.1) is 0 Å². The lowest BCUT2D eigenvalue weighted by atomic mass is 10.4. The molecule has 0 saturated heterocycles. The van der Waals surface area contributed by atoms with Crippen LogP contribution in [0.25, 0.3) is 0 Å². The number of nitrogens with one attached hydrogen (secondary N) is 3. The second-order valence-electron chi connectivity index (χ2n) is 4.05. The first kappa shape index (κ1) is 13.7. The number of anilines is 2. The summed E-state index contributed by atoms with van der Waals surface area (Å²) in [5.41, 5.74) is 0. The molecule has 0 amide bonds. The van der Waals surface area contributed by atoms with E-state index >= 15 is 0 Å². The van der Waals surface area contributed by atoms with Crippen molar-refractivity contribution in [1.29, 1.82) is 0 Å². The highest BCUT2D eigenvalue weighted by molar-refractivity contribution is 5.46. The lowest BCUT2D eigenvalue weighted by Crippen LogP contribution is -2.21. The van der Waals surface area contributed by atoms with Gasteiger partial charge in [-0.15, -0.1) is 0 Å². The summed E-state index contributed by atoms with van der Waals surface area (Å²) in [6.45, 7) is 3.62. The SMILES string of the molecule is CNCCNc1cc(NCCN(C)C)ncn1. The standard InChI is InChI=1S/C11H22N6/c1-12-4-5-13-10-8-11(16-9-15-10)14-6-7-17(2)3/h8-9,12H,4-7H2,1-3H3,(H2,13,14,15,16). The monoisotopic (exact) mass is 238 g/mol. The Morgan fingerprint density at radius 2 is 1.71 bits per heavy atom. The summed E-state index contributed by atoms with van der Waals surface area (Å²) in [5.74, 6) is 1.71. The van der Waals surface area contributed by atoms with Gasteiger partial charge in [-0.25, -0.2) is 9.97 Å². The van der Waals surface area contributed by atoms with Crippen molar-refractivity contribution in [2.45, 2.75) is 0 Å². The fourth-order valence-corrected chi connectivity index (χ4v) is 1.27. The van der Waals surface area contributed by atoms with Gasteiger partial charge in [0.15, 0.2) is 0 Å². The van der Waals surface area contributed by atoms with Gasteiger partial charge in [-0.3, -0.25) is 0 Å². The normalized spacial score (nSPS) is 10.6. The molecular weight excluding hydrogens is 216 g/mol. The summed E-state index contributed by atoms with van der Waals surface area (Å²) in [7, 11) is 6.02. The van der Waals surface area contributed by atoms with E-state index in [2.05, 4.69) is 30.8 Å². The molecular formula is C11H22N6. The Morgan fingerprint density at radius 1 is 1.06 bits per heavy atom. The Bertz CT molecular complexity index is 315. The number of aromatic nitrogens is 2. The van der Waals surface area contributed by atoms with Gasteiger partial charge in [0.05, 0.1) is 0 Å². The van der Waals surface area contributed by atoms with Gasteiger partial charge in [0.2, 0.25) is 0 Å². The third-order valence-corrected chi connectivity index (χ3v) is 2.21. The highest BCUT2D eigenvalue weighted by Crippen LogP contribution is 2.07. The van der Waals surface area contributed by atoms with Gasteiger partial charge in [0, 0.05) is 32.2 Å². The first-order valence-electron chi connectivity index (χ1n) is 5.81. The minimum atomic E-state index is 0.850. The number of hydrogen-bond donors (Lipinski definition) is 3. The van der Waals surface area contributed by atoms with E-state index in [0.29, 0.717) is 0 Å². The molecule has 0 unspecified atom stereocenters. The fourth-order valence-electron chi connectivity index (χ4n) is 1.27. The molecule has 0 spiro atoms. The van der Waals surface area contributed by atoms with Gasteiger partial charge in [-0.2, -0.15) is 0 Å². The molecule has 6 heteroatoms. The van der Waals surface area contributed by atoms with Gasteiger partial charge >= 0.3 is 0 Å². The van der Waals surface area contributed by atoms with E-state index in [1.807, 2.05) is 27.2 Å². The minimum absolute atomic E-state index is 0.850. The van der Waals surface area contributed by atoms with Crippen molar-refractivity contribution in [2.24, 2.45) is 0 Å². The molecule has 6 nitrogen and oxygen atoms in total. The molecule has 0 aliphatic rings. The topological polar surface area (TPSA) is 65.1 Å². The van der Waals surface area contributed by atoms with Crippen LogP contribution in [0.3, 0.4) is 0 Å². The minimum Gasteiger partial charge on any atom is -0.369 e. The van der Waals surface area contributed by atoms with Crippen molar-refractivity contribution in [3.05, 3.63) is 12.4 Å². The van der Waals surface area contributed by atoms with Gasteiger partial charge in [0.1, 0.15) is 18.0 Å². The Kier molecular flexibility index (Phi) is 6.27. The van der Waals surface area contributed by atoms with Crippen LogP contribution in [0.1, 0.15) is 0 Å². The van der Waals surface area contributed by atoms with Crippen LogP contribution in [0.5, 0.6) is 0 Å². The molecule has 0 atom stereocenters. The fraction of sp³-hybridized carbons (Fsp3) is 0.636. The predicted molar refractivity (Wildman–Crippen MR) is 71.5 cm³/mol. The van der Waals surface area contributed by atoms with Crippen LogP contribution in [0.2, 0.25) is 0 Å². The molecule has 0 aromatic carbocycles. The summed E-state index contributed by atoms with van der Waals surface area (Å²) in [4.78, 5) is 10.4.